The monoisotopic (exact) mass is 256 g/mol. The van der Waals surface area contributed by atoms with E-state index in [1.807, 2.05) is 18.5 Å². The largest absolute Gasteiger partial charge is 0.506 e. The molecule has 2 aromatic heterocycles. The smallest absolute Gasteiger partial charge is 0.258 e. The fourth-order valence-electron chi connectivity index (χ4n) is 2.08. The fourth-order valence-corrected chi connectivity index (χ4v) is 2.08. The molecule has 0 bridgehead atoms. The number of nitrogens with zero attached hydrogens (tertiary/aromatic N) is 3. The minimum Gasteiger partial charge on any atom is -0.506 e. The molecule has 2 N–H and O–H groups in total. The molecule has 0 unspecified atom stereocenters. The van der Waals surface area contributed by atoms with Crippen LogP contribution in [0.2, 0.25) is 0 Å². The van der Waals surface area contributed by atoms with Crippen molar-refractivity contribution in [2.45, 2.75) is 6.92 Å². The van der Waals surface area contributed by atoms with Gasteiger partial charge in [-0.2, -0.15) is 0 Å². The van der Waals surface area contributed by atoms with E-state index in [2.05, 4.69) is 15.0 Å². The van der Waals surface area contributed by atoms with Crippen molar-refractivity contribution in [2.24, 2.45) is 7.05 Å². The summed E-state index contributed by atoms with van der Waals surface area (Å²) >= 11 is 0. The SMILES string of the molecule is Cc1ncc(-c2cc(O)c3nc[nH]c(=O)c3c2)n1C. The quantitative estimate of drug-likeness (QED) is 0.688. The van der Waals surface area contributed by atoms with Gasteiger partial charge in [0, 0.05) is 12.6 Å². The number of aromatic nitrogens is 4. The van der Waals surface area contributed by atoms with E-state index in [-0.39, 0.29) is 11.3 Å². The molecule has 0 saturated heterocycles. The average molecular weight is 256 g/mol. The van der Waals surface area contributed by atoms with Crippen molar-refractivity contribution < 1.29 is 5.11 Å². The maximum absolute atomic E-state index is 11.8. The first-order valence-electron chi connectivity index (χ1n) is 5.77. The normalized spacial score (nSPS) is 11.1. The van der Waals surface area contributed by atoms with E-state index in [1.165, 1.54) is 6.33 Å². The lowest BCUT2D eigenvalue weighted by atomic mass is 10.1. The molecule has 96 valence electrons. The average Bonchev–Trinajstić information content (AvgIpc) is 2.71. The third-order valence-corrected chi connectivity index (χ3v) is 3.24. The van der Waals surface area contributed by atoms with Crippen molar-refractivity contribution >= 4 is 10.9 Å². The number of aromatic hydroxyl groups is 1. The van der Waals surface area contributed by atoms with Crippen LogP contribution in [-0.2, 0) is 7.05 Å². The van der Waals surface area contributed by atoms with Crippen LogP contribution in [0.3, 0.4) is 0 Å². The predicted molar refractivity (Wildman–Crippen MR) is 71.0 cm³/mol. The zero-order chi connectivity index (χ0) is 13.6. The first kappa shape index (κ1) is 11.5. The number of hydrogen-bond donors (Lipinski definition) is 2. The molecule has 0 radical (unpaired) electrons. The van der Waals surface area contributed by atoms with Gasteiger partial charge in [-0.1, -0.05) is 0 Å². The van der Waals surface area contributed by atoms with Crippen LogP contribution in [0.15, 0.2) is 29.5 Å². The van der Waals surface area contributed by atoms with Gasteiger partial charge in [0.25, 0.3) is 5.56 Å². The van der Waals surface area contributed by atoms with Crippen molar-refractivity contribution in [3.05, 3.63) is 40.8 Å². The number of fused-ring (bicyclic) bond motifs is 1. The topological polar surface area (TPSA) is 83.8 Å². The van der Waals surface area contributed by atoms with Gasteiger partial charge in [-0.05, 0) is 19.1 Å². The summed E-state index contributed by atoms with van der Waals surface area (Å²) in [4.78, 5) is 22.5. The van der Waals surface area contributed by atoms with E-state index >= 15 is 0 Å². The minimum atomic E-state index is -0.277. The molecule has 0 fully saturated rings. The first-order chi connectivity index (χ1) is 9.08. The second kappa shape index (κ2) is 3.94. The second-order valence-electron chi connectivity index (χ2n) is 4.37. The predicted octanol–water partition coefficient (Wildman–Crippen LogP) is 1.34. The number of imidazole rings is 1. The Labute approximate surface area is 108 Å². The number of phenolic OH excluding ortho intramolecular Hbond substituents is 1. The summed E-state index contributed by atoms with van der Waals surface area (Å²) in [6.07, 6.45) is 2.98. The lowest BCUT2D eigenvalue weighted by Crippen LogP contribution is -2.06. The Hall–Kier alpha value is -2.63. The number of hydrogen-bond acceptors (Lipinski definition) is 4. The highest BCUT2D eigenvalue weighted by atomic mass is 16.3. The maximum atomic E-state index is 11.8. The second-order valence-corrected chi connectivity index (χ2v) is 4.37. The Bertz CT molecular complexity index is 832. The van der Waals surface area contributed by atoms with Crippen LogP contribution in [0.4, 0.5) is 0 Å². The lowest BCUT2D eigenvalue weighted by Gasteiger charge is -2.06. The van der Waals surface area contributed by atoms with Crippen molar-refractivity contribution in [1.82, 2.24) is 19.5 Å². The molecule has 6 nitrogen and oxygen atoms in total. The third-order valence-electron chi connectivity index (χ3n) is 3.24. The zero-order valence-electron chi connectivity index (χ0n) is 10.5. The summed E-state index contributed by atoms with van der Waals surface area (Å²) in [6.45, 7) is 1.89. The Balaban J connectivity index is 2.35. The first-order valence-corrected chi connectivity index (χ1v) is 5.77. The molecular weight excluding hydrogens is 244 g/mol. The summed E-state index contributed by atoms with van der Waals surface area (Å²) in [5, 5.41) is 10.3. The van der Waals surface area contributed by atoms with Gasteiger partial charge in [-0.3, -0.25) is 4.79 Å². The van der Waals surface area contributed by atoms with Gasteiger partial charge in [0.05, 0.1) is 23.6 Å². The van der Waals surface area contributed by atoms with Gasteiger partial charge in [0.15, 0.2) is 0 Å². The molecule has 0 amide bonds. The summed E-state index contributed by atoms with van der Waals surface area (Å²) in [7, 11) is 1.88. The highest BCUT2D eigenvalue weighted by Gasteiger charge is 2.11. The van der Waals surface area contributed by atoms with E-state index in [9.17, 15) is 9.90 Å². The molecule has 6 heteroatoms. The van der Waals surface area contributed by atoms with Gasteiger partial charge in [-0.25, -0.2) is 9.97 Å². The Morgan fingerprint density at radius 1 is 1.32 bits per heavy atom. The van der Waals surface area contributed by atoms with E-state index in [1.54, 1.807) is 18.3 Å². The summed E-state index contributed by atoms with van der Waals surface area (Å²) in [6, 6.07) is 3.29. The highest BCUT2D eigenvalue weighted by molar-refractivity contribution is 5.88. The van der Waals surface area contributed by atoms with Crippen molar-refractivity contribution in [1.29, 1.82) is 0 Å². The minimum absolute atomic E-state index is 0.0162. The molecule has 0 atom stereocenters. The van der Waals surface area contributed by atoms with Crippen molar-refractivity contribution in [3.63, 3.8) is 0 Å². The van der Waals surface area contributed by atoms with Crippen molar-refractivity contribution in [3.8, 4) is 17.0 Å². The third kappa shape index (κ3) is 1.69. The molecule has 0 saturated carbocycles. The maximum Gasteiger partial charge on any atom is 0.258 e. The van der Waals surface area contributed by atoms with E-state index in [0.29, 0.717) is 10.9 Å². The molecule has 19 heavy (non-hydrogen) atoms. The molecule has 3 aromatic rings. The van der Waals surface area contributed by atoms with Crippen LogP contribution in [0.1, 0.15) is 5.82 Å². The lowest BCUT2D eigenvalue weighted by molar-refractivity contribution is 0.480. The number of rotatable bonds is 1. The Morgan fingerprint density at radius 3 is 2.79 bits per heavy atom. The summed E-state index contributed by atoms with van der Waals surface area (Å²) < 4.78 is 1.89. The number of phenols is 1. The van der Waals surface area contributed by atoms with Crippen LogP contribution in [0, 0.1) is 6.92 Å². The van der Waals surface area contributed by atoms with Crippen LogP contribution >= 0.6 is 0 Å². The Kier molecular flexibility index (Phi) is 2.38. The number of H-pyrrole nitrogens is 1. The van der Waals surface area contributed by atoms with Crippen LogP contribution in [0.5, 0.6) is 5.75 Å². The van der Waals surface area contributed by atoms with Crippen LogP contribution in [-0.4, -0.2) is 24.6 Å². The number of benzene rings is 1. The van der Waals surface area contributed by atoms with Crippen LogP contribution in [0.25, 0.3) is 22.2 Å². The molecule has 1 aromatic carbocycles. The number of nitrogens with one attached hydrogen (secondary N) is 1. The Morgan fingerprint density at radius 2 is 2.11 bits per heavy atom. The number of aryl methyl sites for hydroxylation is 1. The number of aromatic amines is 1. The van der Waals surface area contributed by atoms with Gasteiger partial charge >= 0.3 is 0 Å². The van der Waals surface area contributed by atoms with Gasteiger partial charge < -0.3 is 14.7 Å². The summed E-state index contributed by atoms with van der Waals surface area (Å²) in [5.74, 6) is 0.840. The van der Waals surface area contributed by atoms with Crippen molar-refractivity contribution in [2.75, 3.05) is 0 Å². The van der Waals surface area contributed by atoms with Gasteiger partial charge in [0.1, 0.15) is 17.1 Å². The molecule has 2 heterocycles. The molecule has 3 rings (SSSR count). The zero-order valence-corrected chi connectivity index (χ0v) is 10.5. The molecular formula is C13H12N4O2. The standard InChI is InChI=1S/C13H12N4O2/c1-7-14-5-10(17(7)2)8-3-9-12(11(18)4-8)15-6-16-13(9)19/h3-6,18H,1-2H3,(H,15,16,19). The molecule has 0 aliphatic heterocycles. The van der Waals surface area contributed by atoms with Gasteiger partial charge in [-0.15, -0.1) is 0 Å². The van der Waals surface area contributed by atoms with Crippen LogP contribution < -0.4 is 5.56 Å². The van der Waals surface area contributed by atoms with Gasteiger partial charge in [0.2, 0.25) is 0 Å². The van der Waals surface area contributed by atoms with E-state index in [4.69, 9.17) is 0 Å². The van der Waals surface area contributed by atoms with E-state index in [0.717, 1.165) is 17.1 Å². The molecule has 0 spiro atoms. The molecule has 0 aliphatic rings. The summed E-state index contributed by atoms with van der Waals surface area (Å²) in [5.41, 5.74) is 1.58. The van der Waals surface area contributed by atoms with E-state index < -0.39 is 0 Å². The fraction of sp³-hybridized carbons (Fsp3) is 0.154. The highest BCUT2D eigenvalue weighted by Crippen LogP contribution is 2.28. The molecule has 0 aliphatic carbocycles.